The Hall–Kier alpha value is -0.960. The summed E-state index contributed by atoms with van der Waals surface area (Å²) in [4.78, 5) is 0. The van der Waals surface area contributed by atoms with Gasteiger partial charge in [0.15, 0.2) is 5.50 Å². The zero-order valence-corrected chi connectivity index (χ0v) is 7.35. The second kappa shape index (κ2) is 4.83. The quantitative estimate of drug-likeness (QED) is 0.568. The van der Waals surface area contributed by atoms with Crippen LogP contribution in [-0.4, -0.2) is 5.50 Å². The van der Waals surface area contributed by atoms with Crippen molar-refractivity contribution in [3.8, 4) is 0 Å². The number of benzene rings is 1. The van der Waals surface area contributed by atoms with Crippen LogP contribution in [0, 0.1) is 0 Å². The lowest BCUT2D eigenvalue weighted by Crippen LogP contribution is -1.93. The van der Waals surface area contributed by atoms with Crippen LogP contribution in [0.2, 0.25) is 0 Å². The molecular weight excluding hydrogens is 173 g/mol. The molecular formula is C9H10FNS. The lowest BCUT2D eigenvalue weighted by Gasteiger charge is -2.04. The van der Waals surface area contributed by atoms with Crippen molar-refractivity contribution < 1.29 is 4.39 Å². The fourth-order valence-electron chi connectivity index (χ4n) is 0.679. The fourth-order valence-corrected chi connectivity index (χ4v) is 1.16. The molecule has 0 fully saturated rings. The highest BCUT2D eigenvalue weighted by Crippen LogP contribution is 2.17. The maximum Gasteiger partial charge on any atom is 0.182 e. The molecule has 0 saturated carbocycles. The minimum atomic E-state index is -1.06. The summed E-state index contributed by atoms with van der Waals surface area (Å²) in [5.41, 5.74) is -0.169. The Morgan fingerprint density at radius 1 is 1.42 bits per heavy atom. The highest BCUT2D eigenvalue weighted by molar-refractivity contribution is 8.01. The standard InChI is InChI=1S/C9H10FNS/c1-2-9(10)12-11-8-6-4-3-5-7-8/h2-7,9,11H,1H2. The van der Waals surface area contributed by atoms with Crippen molar-refractivity contribution in [1.29, 1.82) is 0 Å². The van der Waals surface area contributed by atoms with E-state index in [1.54, 1.807) is 0 Å². The molecule has 0 amide bonds. The highest BCUT2D eigenvalue weighted by Gasteiger charge is 1.99. The molecule has 0 aliphatic rings. The molecule has 0 saturated heterocycles. The van der Waals surface area contributed by atoms with Crippen LogP contribution in [0.3, 0.4) is 0 Å². The van der Waals surface area contributed by atoms with Crippen molar-refractivity contribution in [3.05, 3.63) is 43.0 Å². The molecule has 0 bridgehead atoms. The Morgan fingerprint density at radius 2 is 2.08 bits per heavy atom. The van der Waals surface area contributed by atoms with E-state index in [-0.39, 0.29) is 0 Å². The van der Waals surface area contributed by atoms with Gasteiger partial charge in [0.05, 0.1) is 0 Å². The van der Waals surface area contributed by atoms with Gasteiger partial charge in [0.1, 0.15) is 0 Å². The molecule has 1 nitrogen and oxygen atoms in total. The average molecular weight is 183 g/mol. The Kier molecular flexibility index (Phi) is 3.67. The molecule has 0 aromatic heterocycles. The van der Waals surface area contributed by atoms with Gasteiger partial charge in [-0.05, 0) is 30.2 Å². The van der Waals surface area contributed by atoms with Gasteiger partial charge in [-0.3, -0.25) is 0 Å². The zero-order chi connectivity index (χ0) is 8.81. The first-order chi connectivity index (χ1) is 5.83. The molecule has 1 atom stereocenters. The lowest BCUT2D eigenvalue weighted by atomic mass is 10.3. The van der Waals surface area contributed by atoms with Crippen LogP contribution in [-0.2, 0) is 0 Å². The van der Waals surface area contributed by atoms with Crippen molar-refractivity contribution in [1.82, 2.24) is 0 Å². The number of hydrogen-bond donors (Lipinski definition) is 1. The molecule has 12 heavy (non-hydrogen) atoms. The van der Waals surface area contributed by atoms with Gasteiger partial charge in [-0.1, -0.05) is 24.8 Å². The van der Waals surface area contributed by atoms with E-state index in [4.69, 9.17) is 0 Å². The van der Waals surface area contributed by atoms with Crippen molar-refractivity contribution in [2.75, 3.05) is 4.72 Å². The van der Waals surface area contributed by atoms with E-state index in [0.717, 1.165) is 17.6 Å². The SMILES string of the molecule is C=CC(F)SNc1ccccc1. The van der Waals surface area contributed by atoms with Crippen LogP contribution >= 0.6 is 11.9 Å². The third kappa shape index (κ3) is 2.96. The molecule has 1 rings (SSSR count). The van der Waals surface area contributed by atoms with Gasteiger partial charge in [0.2, 0.25) is 0 Å². The maximum absolute atomic E-state index is 12.6. The van der Waals surface area contributed by atoms with E-state index in [1.165, 1.54) is 6.08 Å². The summed E-state index contributed by atoms with van der Waals surface area (Å²) in [7, 11) is 0. The number of alkyl halides is 1. The topological polar surface area (TPSA) is 12.0 Å². The number of para-hydroxylation sites is 1. The Balaban J connectivity index is 2.38. The lowest BCUT2D eigenvalue weighted by molar-refractivity contribution is 0.522. The van der Waals surface area contributed by atoms with Crippen molar-refractivity contribution >= 4 is 17.6 Å². The molecule has 64 valence electrons. The summed E-state index contributed by atoms with van der Waals surface area (Å²) in [5, 5.41) is 0. The van der Waals surface area contributed by atoms with Crippen LogP contribution in [0.1, 0.15) is 0 Å². The molecule has 0 radical (unpaired) electrons. The van der Waals surface area contributed by atoms with Crippen LogP contribution < -0.4 is 4.72 Å². The molecule has 1 aromatic rings. The van der Waals surface area contributed by atoms with Crippen molar-refractivity contribution in [2.24, 2.45) is 0 Å². The van der Waals surface area contributed by atoms with Gasteiger partial charge in [-0.25, -0.2) is 4.39 Å². The predicted octanol–water partition coefficient (Wildman–Crippen LogP) is 3.23. The first-order valence-electron chi connectivity index (χ1n) is 3.56. The van der Waals surface area contributed by atoms with Crippen LogP contribution in [0.25, 0.3) is 0 Å². The zero-order valence-electron chi connectivity index (χ0n) is 6.53. The predicted molar refractivity (Wildman–Crippen MR) is 52.7 cm³/mol. The van der Waals surface area contributed by atoms with E-state index < -0.39 is 5.50 Å². The first-order valence-corrected chi connectivity index (χ1v) is 4.44. The van der Waals surface area contributed by atoms with Crippen LogP contribution in [0.5, 0.6) is 0 Å². The second-order valence-corrected chi connectivity index (χ2v) is 3.06. The van der Waals surface area contributed by atoms with E-state index in [2.05, 4.69) is 11.3 Å². The van der Waals surface area contributed by atoms with Gasteiger partial charge >= 0.3 is 0 Å². The van der Waals surface area contributed by atoms with Crippen LogP contribution in [0.15, 0.2) is 43.0 Å². The van der Waals surface area contributed by atoms with Gasteiger partial charge < -0.3 is 4.72 Å². The van der Waals surface area contributed by atoms with E-state index in [0.29, 0.717) is 0 Å². The van der Waals surface area contributed by atoms with Gasteiger partial charge in [0, 0.05) is 5.69 Å². The average Bonchev–Trinajstić information content (AvgIpc) is 2.16. The van der Waals surface area contributed by atoms with E-state index in [9.17, 15) is 4.39 Å². The minimum Gasteiger partial charge on any atom is -0.327 e. The van der Waals surface area contributed by atoms with Gasteiger partial charge in [-0.2, -0.15) is 0 Å². The van der Waals surface area contributed by atoms with E-state index in [1.807, 2.05) is 30.3 Å². The highest BCUT2D eigenvalue weighted by atomic mass is 32.2. The molecule has 1 unspecified atom stereocenters. The fraction of sp³-hybridized carbons (Fsp3) is 0.111. The van der Waals surface area contributed by atoms with Crippen molar-refractivity contribution in [2.45, 2.75) is 5.50 Å². The third-order valence-electron chi connectivity index (χ3n) is 1.25. The van der Waals surface area contributed by atoms with Crippen molar-refractivity contribution in [3.63, 3.8) is 0 Å². The molecule has 1 N–H and O–H groups in total. The number of anilines is 1. The number of nitrogens with one attached hydrogen (secondary N) is 1. The Bertz CT molecular complexity index is 238. The first kappa shape index (κ1) is 9.13. The Morgan fingerprint density at radius 3 is 2.67 bits per heavy atom. The molecule has 1 aromatic carbocycles. The third-order valence-corrected chi connectivity index (χ3v) is 2.02. The summed E-state index contributed by atoms with van der Waals surface area (Å²) in [6.07, 6.45) is 1.25. The monoisotopic (exact) mass is 183 g/mol. The van der Waals surface area contributed by atoms with Gasteiger partial charge in [-0.15, -0.1) is 0 Å². The molecule has 0 heterocycles. The minimum absolute atomic E-state index is 0.895. The summed E-state index contributed by atoms with van der Waals surface area (Å²) in [5.74, 6) is 0. The maximum atomic E-state index is 12.6. The normalized spacial score (nSPS) is 12.1. The van der Waals surface area contributed by atoms with E-state index >= 15 is 0 Å². The molecule has 0 aliphatic heterocycles. The number of halogens is 1. The summed E-state index contributed by atoms with van der Waals surface area (Å²) < 4.78 is 15.5. The molecule has 0 spiro atoms. The molecule has 0 aliphatic carbocycles. The Labute approximate surface area is 75.8 Å². The largest absolute Gasteiger partial charge is 0.327 e. The number of hydrogen-bond acceptors (Lipinski definition) is 2. The second-order valence-electron chi connectivity index (χ2n) is 2.17. The molecule has 3 heteroatoms. The smallest absolute Gasteiger partial charge is 0.182 e. The summed E-state index contributed by atoms with van der Waals surface area (Å²) in [6, 6.07) is 9.45. The van der Waals surface area contributed by atoms with Crippen LogP contribution in [0.4, 0.5) is 10.1 Å². The summed E-state index contributed by atoms with van der Waals surface area (Å²) in [6.45, 7) is 3.34. The number of rotatable bonds is 4. The summed E-state index contributed by atoms with van der Waals surface area (Å²) >= 11 is 0.995. The van der Waals surface area contributed by atoms with Gasteiger partial charge in [0.25, 0.3) is 0 Å².